The number of aliphatic hydroxyl groups is 1. The lowest BCUT2D eigenvalue weighted by Gasteiger charge is -2.28. The number of pyridine rings is 1. The van der Waals surface area contributed by atoms with Gasteiger partial charge < -0.3 is 20.4 Å². The third-order valence-electron chi connectivity index (χ3n) is 3.85. The highest BCUT2D eigenvalue weighted by molar-refractivity contribution is 7.80. The largest absolute Gasteiger partial charge is 0.508 e. The number of nitrogens with zero attached hydrogens (tertiary/aromatic N) is 2. The minimum Gasteiger partial charge on any atom is -0.508 e. The maximum Gasteiger partial charge on any atom is 0.170 e. The summed E-state index contributed by atoms with van der Waals surface area (Å²) >= 11 is 11.5. The fourth-order valence-electron chi connectivity index (χ4n) is 2.85. The van der Waals surface area contributed by atoms with Gasteiger partial charge in [0.2, 0.25) is 0 Å². The van der Waals surface area contributed by atoms with Crippen molar-refractivity contribution in [3.05, 3.63) is 58.9 Å². The summed E-state index contributed by atoms with van der Waals surface area (Å²) in [6.45, 7) is 0.306. The molecule has 1 aromatic heterocycles. The Morgan fingerprint density at radius 3 is 2.83 bits per heavy atom. The number of phenols is 1. The molecule has 2 atom stereocenters. The van der Waals surface area contributed by atoms with E-state index in [0.29, 0.717) is 22.2 Å². The molecule has 3 rings (SSSR count). The SMILES string of the molecule is OCCN1C(=S)N[C@@H](c2ccccn2)[C@H]1c1cc(Cl)ccc1O. The molecule has 0 bridgehead atoms. The van der Waals surface area contributed by atoms with Gasteiger partial charge in [-0.2, -0.15) is 0 Å². The molecule has 2 aromatic rings. The summed E-state index contributed by atoms with van der Waals surface area (Å²) in [5.74, 6) is 0.134. The molecule has 1 saturated heterocycles. The summed E-state index contributed by atoms with van der Waals surface area (Å²) in [5.41, 5.74) is 1.45. The molecular formula is C16H16ClN3O2S. The van der Waals surface area contributed by atoms with Gasteiger partial charge in [-0.25, -0.2) is 0 Å². The quantitative estimate of drug-likeness (QED) is 0.736. The zero-order chi connectivity index (χ0) is 16.4. The third-order valence-corrected chi connectivity index (χ3v) is 4.43. The molecule has 1 aliphatic heterocycles. The molecule has 7 heteroatoms. The number of β-amino-alcohol motifs (C(OH)–C–C–N with tert-alkyl or cyclic N) is 1. The summed E-state index contributed by atoms with van der Waals surface area (Å²) in [7, 11) is 0. The molecule has 0 saturated carbocycles. The lowest BCUT2D eigenvalue weighted by molar-refractivity contribution is 0.221. The van der Waals surface area contributed by atoms with Crippen molar-refractivity contribution in [2.75, 3.05) is 13.2 Å². The van der Waals surface area contributed by atoms with Gasteiger partial charge in [0.15, 0.2) is 5.11 Å². The van der Waals surface area contributed by atoms with Crippen LogP contribution in [0.2, 0.25) is 5.02 Å². The molecule has 5 nitrogen and oxygen atoms in total. The van der Waals surface area contributed by atoms with Gasteiger partial charge in [0, 0.05) is 23.3 Å². The highest BCUT2D eigenvalue weighted by atomic mass is 35.5. The number of nitrogens with one attached hydrogen (secondary N) is 1. The Morgan fingerprint density at radius 2 is 2.13 bits per heavy atom. The van der Waals surface area contributed by atoms with Crippen molar-refractivity contribution in [1.29, 1.82) is 0 Å². The average molecular weight is 350 g/mol. The number of halogens is 1. The van der Waals surface area contributed by atoms with Crippen molar-refractivity contribution in [3.63, 3.8) is 0 Å². The molecule has 1 fully saturated rings. The minimum atomic E-state index is -0.303. The van der Waals surface area contributed by atoms with Gasteiger partial charge in [0.05, 0.1) is 24.4 Å². The lowest BCUT2D eigenvalue weighted by Crippen LogP contribution is -2.32. The summed E-state index contributed by atoms with van der Waals surface area (Å²) in [6, 6.07) is 10.0. The van der Waals surface area contributed by atoms with Crippen LogP contribution in [-0.4, -0.2) is 38.4 Å². The summed E-state index contributed by atoms with van der Waals surface area (Å²) < 4.78 is 0. The van der Waals surface area contributed by atoms with Crippen LogP contribution in [0, 0.1) is 0 Å². The Labute approximate surface area is 144 Å². The fourth-order valence-corrected chi connectivity index (χ4v) is 3.37. The predicted octanol–water partition coefficient (Wildman–Crippen LogP) is 2.41. The first-order valence-electron chi connectivity index (χ1n) is 7.19. The normalized spacial score (nSPS) is 20.6. The van der Waals surface area contributed by atoms with Crippen LogP contribution in [0.4, 0.5) is 0 Å². The number of hydrogen-bond acceptors (Lipinski definition) is 4. The second kappa shape index (κ2) is 6.70. The van der Waals surface area contributed by atoms with Gasteiger partial charge in [-0.1, -0.05) is 17.7 Å². The molecular weight excluding hydrogens is 334 g/mol. The van der Waals surface area contributed by atoms with E-state index in [2.05, 4.69) is 10.3 Å². The monoisotopic (exact) mass is 349 g/mol. The smallest absolute Gasteiger partial charge is 0.170 e. The molecule has 0 amide bonds. The number of aromatic hydroxyl groups is 1. The van der Waals surface area contributed by atoms with Crippen LogP contribution in [0.3, 0.4) is 0 Å². The number of thiocarbonyl (C=S) groups is 1. The Morgan fingerprint density at radius 1 is 1.30 bits per heavy atom. The van der Waals surface area contributed by atoms with Crippen molar-refractivity contribution in [1.82, 2.24) is 15.2 Å². The van der Waals surface area contributed by atoms with E-state index in [9.17, 15) is 10.2 Å². The Balaban J connectivity index is 2.09. The first kappa shape index (κ1) is 16.0. The first-order chi connectivity index (χ1) is 11.1. The zero-order valence-electron chi connectivity index (χ0n) is 12.2. The van der Waals surface area contributed by atoms with Crippen LogP contribution in [0.15, 0.2) is 42.6 Å². The van der Waals surface area contributed by atoms with E-state index in [0.717, 1.165) is 5.69 Å². The van der Waals surface area contributed by atoms with Gasteiger partial charge in [0.25, 0.3) is 0 Å². The average Bonchev–Trinajstić information content (AvgIpc) is 2.88. The maximum atomic E-state index is 10.3. The van der Waals surface area contributed by atoms with Crippen LogP contribution in [0.1, 0.15) is 23.3 Å². The lowest BCUT2D eigenvalue weighted by atomic mass is 9.96. The molecule has 3 N–H and O–H groups in total. The van der Waals surface area contributed by atoms with E-state index in [1.54, 1.807) is 24.4 Å². The van der Waals surface area contributed by atoms with E-state index in [-0.39, 0.29) is 24.4 Å². The van der Waals surface area contributed by atoms with Gasteiger partial charge >= 0.3 is 0 Å². The van der Waals surface area contributed by atoms with Crippen molar-refractivity contribution in [2.24, 2.45) is 0 Å². The second-order valence-corrected chi connectivity index (χ2v) is 6.07. The van der Waals surface area contributed by atoms with Crippen molar-refractivity contribution >= 4 is 28.9 Å². The summed E-state index contributed by atoms with van der Waals surface area (Å²) in [5, 5.41) is 23.9. The Bertz CT molecular complexity index is 714. The molecule has 1 aromatic carbocycles. The minimum absolute atomic E-state index is 0.0470. The molecule has 23 heavy (non-hydrogen) atoms. The predicted molar refractivity (Wildman–Crippen MR) is 92.4 cm³/mol. The zero-order valence-corrected chi connectivity index (χ0v) is 13.8. The number of hydrogen-bond donors (Lipinski definition) is 3. The van der Waals surface area contributed by atoms with Crippen LogP contribution >= 0.6 is 23.8 Å². The van der Waals surface area contributed by atoms with Gasteiger partial charge in [-0.05, 0) is 42.5 Å². The van der Waals surface area contributed by atoms with E-state index >= 15 is 0 Å². The van der Waals surface area contributed by atoms with Gasteiger partial charge in [-0.15, -0.1) is 0 Å². The molecule has 0 radical (unpaired) electrons. The Hall–Kier alpha value is -1.89. The standard InChI is InChI=1S/C16H16ClN3O2S/c17-10-4-5-13(22)11(9-10)15-14(12-3-1-2-6-18-12)19-16(23)20(15)7-8-21/h1-6,9,14-15,21-22H,7-8H2,(H,19,23)/t14-,15+/m0/s1. The highest BCUT2D eigenvalue weighted by Crippen LogP contribution is 2.42. The van der Waals surface area contributed by atoms with Crippen molar-refractivity contribution in [3.8, 4) is 5.75 Å². The van der Waals surface area contributed by atoms with Gasteiger partial charge in [0.1, 0.15) is 5.75 Å². The number of aromatic nitrogens is 1. The molecule has 1 aliphatic rings. The van der Waals surface area contributed by atoms with Crippen molar-refractivity contribution < 1.29 is 10.2 Å². The highest BCUT2D eigenvalue weighted by Gasteiger charge is 2.40. The van der Waals surface area contributed by atoms with Crippen LogP contribution in [-0.2, 0) is 0 Å². The molecule has 120 valence electrons. The number of phenolic OH excluding ortho intramolecular Hbond substituents is 1. The third kappa shape index (κ3) is 3.10. The molecule has 0 aliphatic carbocycles. The van der Waals surface area contributed by atoms with E-state index in [4.69, 9.17) is 23.8 Å². The fraction of sp³-hybridized carbons (Fsp3) is 0.250. The summed E-state index contributed by atoms with van der Waals surface area (Å²) in [6.07, 6.45) is 1.71. The first-order valence-corrected chi connectivity index (χ1v) is 7.98. The van der Waals surface area contributed by atoms with Crippen LogP contribution in [0.5, 0.6) is 5.75 Å². The van der Waals surface area contributed by atoms with Gasteiger partial charge in [-0.3, -0.25) is 4.98 Å². The number of benzene rings is 1. The van der Waals surface area contributed by atoms with Crippen molar-refractivity contribution in [2.45, 2.75) is 12.1 Å². The van der Waals surface area contributed by atoms with E-state index in [1.165, 1.54) is 0 Å². The number of aliphatic hydroxyl groups excluding tert-OH is 1. The molecule has 0 unspecified atom stereocenters. The topological polar surface area (TPSA) is 68.6 Å². The Kier molecular flexibility index (Phi) is 4.66. The number of rotatable bonds is 4. The summed E-state index contributed by atoms with van der Waals surface area (Å²) in [4.78, 5) is 6.24. The van der Waals surface area contributed by atoms with E-state index in [1.807, 2.05) is 23.1 Å². The maximum absolute atomic E-state index is 10.3. The van der Waals surface area contributed by atoms with E-state index < -0.39 is 0 Å². The van der Waals surface area contributed by atoms with Crippen LogP contribution in [0.25, 0.3) is 0 Å². The molecule has 2 heterocycles. The van der Waals surface area contributed by atoms with Crippen LogP contribution < -0.4 is 5.32 Å². The second-order valence-electron chi connectivity index (χ2n) is 5.25. The molecule has 0 spiro atoms.